The number of aliphatic hydroxyl groups excluding tert-OH is 1. The Morgan fingerprint density at radius 3 is 2.64 bits per heavy atom. The van der Waals surface area contributed by atoms with Gasteiger partial charge in [0.05, 0.1) is 30.1 Å². The van der Waals surface area contributed by atoms with Crippen molar-refractivity contribution in [2.45, 2.75) is 19.0 Å². The van der Waals surface area contributed by atoms with E-state index in [0.717, 1.165) is 0 Å². The summed E-state index contributed by atoms with van der Waals surface area (Å²) in [5, 5.41) is 11.9. The Bertz CT molecular complexity index is 1220. The van der Waals surface area contributed by atoms with E-state index in [-0.39, 0.29) is 16.4 Å². The van der Waals surface area contributed by atoms with Crippen LogP contribution in [0, 0.1) is 0 Å². The van der Waals surface area contributed by atoms with Crippen LogP contribution in [-0.4, -0.2) is 44.9 Å². The summed E-state index contributed by atoms with van der Waals surface area (Å²) in [7, 11) is 1.48. The topological polar surface area (TPSA) is 84.7 Å². The minimum Gasteiger partial charge on any atom is -0.507 e. The van der Waals surface area contributed by atoms with Crippen LogP contribution in [0.4, 0.5) is 0 Å². The van der Waals surface area contributed by atoms with E-state index in [4.69, 9.17) is 27.9 Å². The highest BCUT2D eigenvalue weighted by Crippen LogP contribution is 2.40. The SMILES string of the molecule is COc1ccc(/C(O)=C2\C(=O)C(=O)N(CCCn3ccnc3)[C@@H]2c2cccc(Cl)c2)cc1Cl. The van der Waals surface area contributed by atoms with Crippen molar-refractivity contribution in [2.75, 3.05) is 13.7 Å². The van der Waals surface area contributed by atoms with Crippen molar-refractivity contribution in [3.63, 3.8) is 0 Å². The molecule has 33 heavy (non-hydrogen) atoms. The number of methoxy groups -OCH3 is 1. The van der Waals surface area contributed by atoms with Gasteiger partial charge in [-0.25, -0.2) is 4.98 Å². The maximum atomic E-state index is 13.1. The molecule has 1 atom stereocenters. The van der Waals surface area contributed by atoms with Crippen molar-refractivity contribution in [3.8, 4) is 5.75 Å². The van der Waals surface area contributed by atoms with Crippen LogP contribution in [0.3, 0.4) is 0 Å². The number of Topliss-reactive ketones (excluding diaryl/α,β-unsaturated/α-hetero) is 1. The number of aromatic nitrogens is 2. The number of hydrogen-bond acceptors (Lipinski definition) is 5. The lowest BCUT2D eigenvalue weighted by Crippen LogP contribution is -2.31. The van der Waals surface area contributed by atoms with Gasteiger partial charge in [0.25, 0.3) is 11.7 Å². The standard InChI is InChI=1S/C24H21Cl2N3O4/c1-33-19-7-6-16(13-18(19)26)22(30)20-21(15-4-2-5-17(25)12-15)29(24(32)23(20)31)10-3-9-28-11-8-27-14-28/h2,4-8,11-14,21,30H,3,9-10H2,1H3/b22-20+/t21-/m1/s1. The van der Waals surface area contributed by atoms with E-state index in [0.29, 0.717) is 41.4 Å². The lowest BCUT2D eigenvalue weighted by Gasteiger charge is -2.25. The molecule has 1 amide bonds. The molecule has 1 fully saturated rings. The van der Waals surface area contributed by atoms with Gasteiger partial charge in [0, 0.05) is 36.1 Å². The van der Waals surface area contributed by atoms with E-state index < -0.39 is 17.7 Å². The first kappa shape index (κ1) is 22.9. The first-order valence-corrected chi connectivity index (χ1v) is 11.0. The predicted octanol–water partition coefficient (Wildman–Crippen LogP) is 4.71. The molecule has 0 spiro atoms. The zero-order valence-corrected chi connectivity index (χ0v) is 19.3. The Kier molecular flexibility index (Phi) is 6.72. The first-order chi connectivity index (χ1) is 15.9. The zero-order valence-electron chi connectivity index (χ0n) is 17.7. The molecule has 2 aromatic carbocycles. The van der Waals surface area contributed by atoms with Gasteiger partial charge < -0.3 is 19.3 Å². The monoisotopic (exact) mass is 485 g/mol. The summed E-state index contributed by atoms with van der Waals surface area (Å²) in [6, 6.07) is 10.8. The summed E-state index contributed by atoms with van der Waals surface area (Å²) in [4.78, 5) is 31.6. The van der Waals surface area contributed by atoms with E-state index in [1.165, 1.54) is 18.1 Å². The average Bonchev–Trinajstić information content (AvgIpc) is 3.41. The van der Waals surface area contributed by atoms with Gasteiger partial charge in [0.2, 0.25) is 0 Å². The number of imidazole rings is 1. The molecule has 170 valence electrons. The molecule has 0 unspecified atom stereocenters. The van der Waals surface area contributed by atoms with Crippen molar-refractivity contribution >= 4 is 40.7 Å². The molecular weight excluding hydrogens is 465 g/mol. The summed E-state index contributed by atoms with van der Waals surface area (Å²) in [5.41, 5.74) is 0.931. The third kappa shape index (κ3) is 4.60. The van der Waals surface area contributed by atoms with Crippen LogP contribution < -0.4 is 4.74 Å². The van der Waals surface area contributed by atoms with Crippen molar-refractivity contribution in [1.82, 2.24) is 14.5 Å². The van der Waals surface area contributed by atoms with E-state index >= 15 is 0 Å². The molecule has 1 aliphatic heterocycles. The Morgan fingerprint density at radius 1 is 1.15 bits per heavy atom. The Morgan fingerprint density at radius 2 is 1.97 bits per heavy atom. The third-order valence-electron chi connectivity index (χ3n) is 5.50. The highest BCUT2D eigenvalue weighted by Gasteiger charge is 2.45. The number of aryl methyl sites for hydroxylation is 1. The molecule has 2 heterocycles. The quantitative estimate of drug-likeness (QED) is 0.297. The number of carbonyl (C=O) groups is 2. The van der Waals surface area contributed by atoms with Crippen molar-refractivity contribution in [3.05, 3.63) is 87.9 Å². The second-order valence-corrected chi connectivity index (χ2v) is 8.39. The number of nitrogens with zero attached hydrogens (tertiary/aromatic N) is 3. The molecule has 1 aliphatic rings. The van der Waals surface area contributed by atoms with Crippen LogP contribution in [0.1, 0.15) is 23.6 Å². The summed E-state index contributed by atoms with van der Waals surface area (Å²) in [5.74, 6) is -1.31. The molecular formula is C24H21Cl2N3O4. The zero-order chi connectivity index (χ0) is 23.5. The summed E-state index contributed by atoms with van der Waals surface area (Å²) < 4.78 is 7.05. The summed E-state index contributed by atoms with van der Waals surface area (Å²) >= 11 is 12.4. The fourth-order valence-corrected chi connectivity index (χ4v) is 4.40. The second kappa shape index (κ2) is 9.68. The van der Waals surface area contributed by atoms with Crippen LogP contribution in [0.15, 0.2) is 66.8 Å². The molecule has 3 aromatic rings. The molecule has 0 saturated carbocycles. The van der Waals surface area contributed by atoms with Crippen LogP contribution in [0.25, 0.3) is 5.76 Å². The molecule has 7 nitrogen and oxygen atoms in total. The van der Waals surface area contributed by atoms with Crippen molar-refractivity contribution in [2.24, 2.45) is 0 Å². The first-order valence-electron chi connectivity index (χ1n) is 10.2. The smallest absolute Gasteiger partial charge is 0.295 e. The van der Waals surface area contributed by atoms with E-state index in [1.54, 1.807) is 48.9 Å². The number of hydrogen-bond donors (Lipinski definition) is 1. The number of aliphatic hydroxyl groups is 1. The van der Waals surface area contributed by atoms with Gasteiger partial charge in [-0.05, 0) is 42.3 Å². The normalized spacial score (nSPS) is 17.5. The maximum Gasteiger partial charge on any atom is 0.295 e. The number of carbonyl (C=O) groups excluding carboxylic acids is 2. The fourth-order valence-electron chi connectivity index (χ4n) is 3.95. The minimum absolute atomic E-state index is 0.00821. The van der Waals surface area contributed by atoms with Crippen molar-refractivity contribution < 1.29 is 19.4 Å². The number of ether oxygens (including phenoxy) is 1. The number of benzene rings is 2. The number of ketones is 1. The van der Waals surface area contributed by atoms with Gasteiger partial charge in [-0.1, -0.05) is 35.3 Å². The number of rotatable bonds is 7. The Hall–Kier alpha value is -3.29. The highest BCUT2D eigenvalue weighted by atomic mass is 35.5. The summed E-state index contributed by atoms with van der Waals surface area (Å²) in [6.45, 7) is 0.930. The van der Waals surface area contributed by atoms with Crippen LogP contribution in [0.2, 0.25) is 10.0 Å². The lowest BCUT2D eigenvalue weighted by atomic mass is 9.95. The van der Waals surface area contributed by atoms with Gasteiger partial charge in [-0.3, -0.25) is 9.59 Å². The van der Waals surface area contributed by atoms with Gasteiger partial charge in [0.1, 0.15) is 11.5 Å². The number of amides is 1. The molecule has 1 aromatic heterocycles. The van der Waals surface area contributed by atoms with E-state index in [9.17, 15) is 14.7 Å². The maximum absolute atomic E-state index is 13.1. The number of halogens is 2. The molecule has 1 saturated heterocycles. The van der Waals surface area contributed by atoms with Gasteiger partial charge in [-0.2, -0.15) is 0 Å². The van der Waals surface area contributed by atoms with E-state index in [1.807, 2.05) is 10.8 Å². The van der Waals surface area contributed by atoms with Gasteiger partial charge in [0.15, 0.2) is 0 Å². The molecule has 0 radical (unpaired) electrons. The van der Waals surface area contributed by atoms with Gasteiger partial charge in [-0.15, -0.1) is 0 Å². The van der Waals surface area contributed by atoms with Gasteiger partial charge >= 0.3 is 0 Å². The third-order valence-corrected chi connectivity index (χ3v) is 6.03. The molecule has 0 aliphatic carbocycles. The molecule has 1 N–H and O–H groups in total. The van der Waals surface area contributed by atoms with Crippen LogP contribution in [-0.2, 0) is 16.1 Å². The lowest BCUT2D eigenvalue weighted by molar-refractivity contribution is -0.139. The van der Waals surface area contributed by atoms with E-state index in [2.05, 4.69) is 4.98 Å². The highest BCUT2D eigenvalue weighted by molar-refractivity contribution is 6.46. The predicted molar refractivity (Wildman–Crippen MR) is 125 cm³/mol. The van der Waals surface area contributed by atoms with Crippen molar-refractivity contribution in [1.29, 1.82) is 0 Å². The largest absolute Gasteiger partial charge is 0.507 e. The molecule has 0 bridgehead atoms. The minimum atomic E-state index is -0.785. The summed E-state index contributed by atoms with van der Waals surface area (Å²) in [6.07, 6.45) is 5.79. The second-order valence-electron chi connectivity index (χ2n) is 7.55. The van der Waals surface area contributed by atoms with Crippen LogP contribution >= 0.6 is 23.2 Å². The Labute approximate surface area is 200 Å². The average molecular weight is 486 g/mol. The Balaban J connectivity index is 1.75. The molecule has 4 rings (SSSR count). The fraction of sp³-hybridized carbons (Fsp3) is 0.208. The number of likely N-dealkylation sites (tertiary alicyclic amines) is 1. The van der Waals surface area contributed by atoms with Crippen LogP contribution in [0.5, 0.6) is 5.75 Å². The molecule has 9 heteroatoms.